The van der Waals surface area contributed by atoms with Crippen LogP contribution < -0.4 is 11.1 Å². The highest BCUT2D eigenvalue weighted by atomic mass is 19.2. The second-order valence-electron chi connectivity index (χ2n) is 3.68. The number of nitrogens with two attached hydrogens (primary N) is 1. The maximum absolute atomic E-state index is 13.4. The van der Waals surface area contributed by atoms with Crippen LogP contribution in [-0.4, -0.2) is 5.91 Å². The predicted octanol–water partition coefficient (Wildman–Crippen LogP) is 2.80. The van der Waals surface area contributed by atoms with Crippen LogP contribution in [0.3, 0.4) is 0 Å². The summed E-state index contributed by atoms with van der Waals surface area (Å²) >= 11 is 0. The summed E-state index contributed by atoms with van der Waals surface area (Å²) < 4.78 is 26.3. The third kappa shape index (κ3) is 2.45. The van der Waals surface area contributed by atoms with E-state index in [0.717, 1.165) is 6.07 Å². The Morgan fingerprint density at radius 2 is 1.83 bits per heavy atom. The number of hydrogen-bond donors (Lipinski definition) is 2. The van der Waals surface area contributed by atoms with E-state index in [2.05, 4.69) is 5.32 Å². The number of nitrogens with one attached hydrogen (secondary N) is 1. The van der Waals surface area contributed by atoms with Crippen molar-refractivity contribution in [2.45, 2.75) is 0 Å². The van der Waals surface area contributed by atoms with Crippen molar-refractivity contribution < 1.29 is 13.6 Å². The Labute approximate surface area is 102 Å². The molecule has 0 aromatic heterocycles. The number of anilines is 2. The molecule has 0 aliphatic heterocycles. The van der Waals surface area contributed by atoms with Gasteiger partial charge >= 0.3 is 0 Å². The second kappa shape index (κ2) is 4.83. The molecule has 18 heavy (non-hydrogen) atoms. The number of amides is 1. The van der Waals surface area contributed by atoms with E-state index < -0.39 is 17.5 Å². The number of carbonyl (C=O) groups is 1. The second-order valence-corrected chi connectivity index (χ2v) is 3.68. The minimum absolute atomic E-state index is 0.350. The lowest BCUT2D eigenvalue weighted by molar-refractivity contribution is 0.102. The van der Waals surface area contributed by atoms with Crippen molar-refractivity contribution in [3.05, 3.63) is 59.7 Å². The smallest absolute Gasteiger partial charge is 0.258 e. The summed E-state index contributed by atoms with van der Waals surface area (Å²) in [6.07, 6.45) is 0. The van der Waals surface area contributed by atoms with Crippen molar-refractivity contribution in [2.75, 3.05) is 11.1 Å². The summed E-state index contributed by atoms with van der Waals surface area (Å²) in [5.74, 6) is -2.95. The molecule has 5 heteroatoms. The van der Waals surface area contributed by atoms with Crippen molar-refractivity contribution in [1.82, 2.24) is 0 Å². The third-order valence-corrected chi connectivity index (χ3v) is 2.34. The van der Waals surface area contributed by atoms with Gasteiger partial charge in [0.1, 0.15) is 0 Å². The van der Waals surface area contributed by atoms with Gasteiger partial charge in [-0.3, -0.25) is 4.79 Å². The molecule has 0 spiro atoms. The number of halogens is 2. The van der Waals surface area contributed by atoms with Crippen LogP contribution in [0.2, 0.25) is 0 Å². The standard InChI is InChI=1S/C13H10F2N2O/c14-11-6-2-5-10(12(11)15)13(18)17-9-4-1-3-8(16)7-9/h1-7H,16H2,(H,17,18). The first kappa shape index (κ1) is 12.0. The van der Waals surface area contributed by atoms with Gasteiger partial charge in [0.05, 0.1) is 5.56 Å². The fourth-order valence-electron chi connectivity index (χ4n) is 1.49. The Morgan fingerprint density at radius 3 is 2.56 bits per heavy atom. The first-order chi connectivity index (χ1) is 8.58. The normalized spacial score (nSPS) is 10.1. The molecule has 0 atom stereocenters. The zero-order chi connectivity index (χ0) is 13.1. The average molecular weight is 248 g/mol. The Bertz CT molecular complexity index is 599. The molecule has 0 radical (unpaired) electrons. The van der Waals surface area contributed by atoms with Gasteiger partial charge in [-0.2, -0.15) is 0 Å². The molecule has 0 saturated heterocycles. The maximum Gasteiger partial charge on any atom is 0.258 e. The van der Waals surface area contributed by atoms with Crippen LogP contribution in [0.4, 0.5) is 20.2 Å². The highest BCUT2D eigenvalue weighted by Crippen LogP contribution is 2.16. The van der Waals surface area contributed by atoms with Crippen LogP contribution in [0.5, 0.6) is 0 Å². The maximum atomic E-state index is 13.4. The van der Waals surface area contributed by atoms with Crippen molar-refractivity contribution in [3.8, 4) is 0 Å². The van der Waals surface area contributed by atoms with Gasteiger partial charge in [0.15, 0.2) is 11.6 Å². The summed E-state index contributed by atoms with van der Waals surface area (Å²) in [7, 11) is 0. The molecule has 0 fully saturated rings. The SMILES string of the molecule is Nc1cccc(NC(=O)c2cccc(F)c2F)c1. The lowest BCUT2D eigenvalue weighted by Gasteiger charge is -2.07. The van der Waals surface area contributed by atoms with E-state index >= 15 is 0 Å². The van der Waals surface area contributed by atoms with Crippen LogP contribution in [0.25, 0.3) is 0 Å². The summed E-state index contributed by atoms with van der Waals surface area (Å²) in [4.78, 5) is 11.7. The van der Waals surface area contributed by atoms with Crippen molar-refractivity contribution >= 4 is 17.3 Å². The van der Waals surface area contributed by atoms with Crippen LogP contribution in [-0.2, 0) is 0 Å². The third-order valence-electron chi connectivity index (χ3n) is 2.34. The van der Waals surface area contributed by atoms with Gasteiger partial charge in [-0.1, -0.05) is 12.1 Å². The van der Waals surface area contributed by atoms with Gasteiger partial charge in [-0.15, -0.1) is 0 Å². The highest BCUT2D eigenvalue weighted by Gasteiger charge is 2.14. The number of carbonyl (C=O) groups excluding carboxylic acids is 1. The number of hydrogen-bond acceptors (Lipinski definition) is 2. The summed E-state index contributed by atoms with van der Waals surface area (Å²) in [5, 5.41) is 2.44. The van der Waals surface area contributed by atoms with E-state index in [1.165, 1.54) is 18.2 Å². The van der Waals surface area contributed by atoms with E-state index in [9.17, 15) is 13.6 Å². The van der Waals surface area contributed by atoms with E-state index in [-0.39, 0.29) is 5.56 Å². The van der Waals surface area contributed by atoms with Gasteiger partial charge in [0, 0.05) is 11.4 Å². The van der Waals surface area contributed by atoms with Gasteiger partial charge in [-0.05, 0) is 30.3 Å². The fourth-order valence-corrected chi connectivity index (χ4v) is 1.49. The molecule has 0 heterocycles. The lowest BCUT2D eigenvalue weighted by Crippen LogP contribution is -2.14. The first-order valence-corrected chi connectivity index (χ1v) is 5.19. The van der Waals surface area contributed by atoms with Crippen molar-refractivity contribution in [1.29, 1.82) is 0 Å². The largest absolute Gasteiger partial charge is 0.399 e. The minimum Gasteiger partial charge on any atom is -0.399 e. The molecule has 0 bridgehead atoms. The molecular weight excluding hydrogens is 238 g/mol. The van der Waals surface area contributed by atoms with E-state index in [1.807, 2.05) is 0 Å². The van der Waals surface area contributed by atoms with Crippen LogP contribution in [0.15, 0.2) is 42.5 Å². The molecule has 0 aliphatic carbocycles. The predicted molar refractivity (Wildman–Crippen MR) is 65.2 cm³/mol. The Balaban J connectivity index is 2.25. The average Bonchev–Trinajstić information content (AvgIpc) is 2.32. The topological polar surface area (TPSA) is 55.1 Å². The van der Waals surface area contributed by atoms with Gasteiger partial charge < -0.3 is 11.1 Å². The molecule has 3 N–H and O–H groups in total. The van der Waals surface area contributed by atoms with Gasteiger partial charge in [-0.25, -0.2) is 8.78 Å². The minimum atomic E-state index is -1.17. The molecule has 2 aromatic carbocycles. The van der Waals surface area contributed by atoms with Crippen LogP contribution in [0, 0.1) is 11.6 Å². The molecule has 0 aliphatic rings. The number of rotatable bonds is 2. The molecule has 3 nitrogen and oxygen atoms in total. The first-order valence-electron chi connectivity index (χ1n) is 5.19. The molecule has 2 aromatic rings. The van der Waals surface area contributed by atoms with E-state index in [4.69, 9.17) is 5.73 Å². The quantitative estimate of drug-likeness (QED) is 0.803. The Kier molecular flexibility index (Phi) is 3.23. The molecule has 0 saturated carbocycles. The summed E-state index contributed by atoms with van der Waals surface area (Å²) in [6.45, 7) is 0. The van der Waals surface area contributed by atoms with E-state index in [0.29, 0.717) is 11.4 Å². The van der Waals surface area contributed by atoms with Gasteiger partial charge in [0.25, 0.3) is 5.91 Å². The summed E-state index contributed by atoms with van der Waals surface area (Å²) in [5.41, 5.74) is 6.08. The molecular formula is C13H10F2N2O. The Morgan fingerprint density at radius 1 is 1.11 bits per heavy atom. The number of benzene rings is 2. The zero-order valence-corrected chi connectivity index (χ0v) is 9.28. The molecule has 92 valence electrons. The van der Waals surface area contributed by atoms with E-state index in [1.54, 1.807) is 18.2 Å². The van der Waals surface area contributed by atoms with Crippen molar-refractivity contribution in [3.63, 3.8) is 0 Å². The Hall–Kier alpha value is -2.43. The fraction of sp³-hybridized carbons (Fsp3) is 0. The van der Waals surface area contributed by atoms with Crippen molar-refractivity contribution in [2.24, 2.45) is 0 Å². The molecule has 1 amide bonds. The number of nitrogen functional groups attached to an aromatic ring is 1. The lowest BCUT2D eigenvalue weighted by atomic mass is 10.2. The molecule has 2 rings (SSSR count). The zero-order valence-electron chi connectivity index (χ0n) is 9.28. The van der Waals surface area contributed by atoms with Gasteiger partial charge in [0.2, 0.25) is 0 Å². The van der Waals surface area contributed by atoms with Crippen LogP contribution >= 0.6 is 0 Å². The monoisotopic (exact) mass is 248 g/mol. The highest BCUT2D eigenvalue weighted by molar-refractivity contribution is 6.04. The summed E-state index contributed by atoms with van der Waals surface area (Å²) in [6, 6.07) is 9.85. The van der Waals surface area contributed by atoms with Crippen LogP contribution in [0.1, 0.15) is 10.4 Å². The molecule has 0 unspecified atom stereocenters.